The van der Waals surface area contributed by atoms with E-state index in [0.717, 1.165) is 16.7 Å². The van der Waals surface area contributed by atoms with E-state index in [1.165, 1.54) is 22.7 Å². The molecule has 212 valence electrons. The lowest BCUT2D eigenvalue weighted by atomic mass is 9.91. The zero-order valence-electron chi connectivity index (χ0n) is 22.5. The minimum Gasteiger partial charge on any atom is -0.459 e. The van der Waals surface area contributed by atoms with Gasteiger partial charge in [0.2, 0.25) is 10.0 Å². The Bertz CT molecular complexity index is 1700. The molecular weight excluding hydrogens is 570 g/mol. The van der Waals surface area contributed by atoms with Crippen molar-refractivity contribution >= 4 is 33.7 Å². The molecule has 1 aromatic heterocycles. The van der Waals surface area contributed by atoms with Crippen LogP contribution in [0, 0.1) is 0 Å². The molecule has 0 saturated heterocycles. The van der Waals surface area contributed by atoms with E-state index in [-0.39, 0.29) is 23.9 Å². The number of amides is 1. The van der Waals surface area contributed by atoms with Gasteiger partial charge in [-0.1, -0.05) is 103 Å². The SMILES string of the molecule is O=C(N/N=C\c1ccc(CN(Cc2ccccc2)S(=O)(=O)c2ccc(Cl)cc2)o1)C(c1ccccc1)c1ccccc1. The van der Waals surface area contributed by atoms with Crippen LogP contribution in [0.4, 0.5) is 0 Å². The van der Waals surface area contributed by atoms with Crippen molar-refractivity contribution < 1.29 is 17.6 Å². The second kappa shape index (κ2) is 13.4. The first kappa shape index (κ1) is 29.0. The molecule has 0 spiro atoms. The van der Waals surface area contributed by atoms with Crippen molar-refractivity contribution in [1.29, 1.82) is 0 Å². The molecule has 1 N–H and O–H groups in total. The molecule has 0 aliphatic carbocycles. The Kier molecular flexibility index (Phi) is 9.28. The Balaban J connectivity index is 1.31. The van der Waals surface area contributed by atoms with Crippen LogP contribution in [0.25, 0.3) is 0 Å². The lowest BCUT2D eigenvalue weighted by molar-refractivity contribution is -0.121. The maximum absolute atomic E-state index is 13.6. The van der Waals surface area contributed by atoms with Crippen molar-refractivity contribution in [1.82, 2.24) is 9.73 Å². The number of nitrogens with zero attached hydrogens (tertiary/aromatic N) is 2. The molecule has 42 heavy (non-hydrogen) atoms. The predicted octanol–water partition coefficient (Wildman–Crippen LogP) is 6.61. The molecule has 0 radical (unpaired) electrons. The number of hydrogen-bond acceptors (Lipinski definition) is 5. The standard InChI is InChI=1S/C33H28ClN3O4S/c34-28-16-20-31(21-17-28)42(39,40)37(23-25-10-4-1-5-11-25)24-30-19-18-29(41-30)22-35-36-33(38)32(26-12-6-2-7-13-26)27-14-8-3-9-15-27/h1-22,32H,23-24H2,(H,36,38)/b35-22-. The molecule has 0 atom stereocenters. The van der Waals surface area contributed by atoms with Crippen molar-refractivity contribution in [3.8, 4) is 0 Å². The van der Waals surface area contributed by atoms with Gasteiger partial charge in [0.1, 0.15) is 11.5 Å². The van der Waals surface area contributed by atoms with Gasteiger partial charge < -0.3 is 4.42 Å². The predicted molar refractivity (Wildman–Crippen MR) is 163 cm³/mol. The van der Waals surface area contributed by atoms with Crippen LogP contribution in [0.5, 0.6) is 0 Å². The highest BCUT2D eigenvalue weighted by Gasteiger charge is 2.26. The Hall–Kier alpha value is -4.50. The van der Waals surface area contributed by atoms with E-state index in [1.807, 2.05) is 91.0 Å². The summed E-state index contributed by atoms with van der Waals surface area (Å²) in [5.74, 6) is -0.0487. The fraction of sp³-hybridized carbons (Fsp3) is 0.0909. The first-order chi connectivity index (χ1) is 20.4. The summed E-state index contributed by atoms with van der Waals surface area (Å²) in [6.07, 6.45) is 1.39. The van der Waals surface area contributed by atoms with Crippen molar-refractivity contribution in [2.45, 2.75) is 23.9 Å². The van der Waals surface area contributed by atoms with E-state index in [4.69, 9.17) is 16.0 Å². The van der Waals surface area contributed by atoms with Crippen LogP contribution in [-0.2, 0) is 27.9 Å². The number of hydrazone groups is 1. The van der Waals surface area contributed by atoms with Crippen molar-refractivity contribution in [2.75, 3.05) is 0 Å². The number of benzene rings is 4. The van der Waals surface area contributed by atoms with Crippen LogP contribution in [-0.4, -0.2) is 24.8 Å². The number of sulfonamides is 1. The van der Waals surface area contributed by atoms with E-state index in [1.54, 1.807) is 24.3 Å². The zero-order valence-corrected chi connectivity index (χ0v) is 24.1. The molecule has 7 nitrogen and oxygen atoms in total. The summed E-state index contributed by atoms with van der Waals surface area (Å²) >= 11 is 5.98. The van der Waals surface area contributed by atoms with Crippen LogP contribution in [0.2, 0.25) is 5.02 Å². The van der Waals surface area contributed by atoms with Gasteiger partial charge in [-0.25, -0.2) is 13.8 Å². The molecule has 1 heterocycles. The van der Waals surface area contributed by atoms with Crippen LogP contribution < -0.4 is 5.43 Å². The van der Waals surface area contributed by atoms with Crippen molar-refractivity contribution in [2.24, 2.45) is 5.10 Å². The average Bonchev–Trinajstić information content (AvgIpc) is 3.46. The summed E-state index contributed by atoms with van der Waals surface area (Å²) < 4.78 is 34.4. The van der Waals surface area contributed by atoms with Crippen molar-refractivity contribution in [3.63, 3.8) is 0 Å². The van der Waals surface area contributed by atoms with Gasteiger partial charge in [-0.3, -0.25) is 4.79 Å². The Morgan fingerprint density at radius 1 is 0.786 bits per heavy atom. The molecule has 5 rings (SSSR count). The number of carbonyl (C=O) groups excluding carboxylic acids is 1. The summed E-state index contributed by atoms with van der Waals surface area (Å²) in [5.41, 5.74) is 5.13. The maximum atomic E-state index is 13.6. The third-order valence-corrected chi connectivity index (χ3v) is 8.62. The highest BCUT2D eigenvalue weighted by Crippen LogP contribution is 2.25. The van der Waals surface area contributed by atoms with E-state index in [2.05, 4.69) is 10.5 Å². The highest BCUT2D eigenvalue weighted by atomic mass is 35.5. The fourth-order valence-electron chi connectivity index (χ4n) is 4.50. The third kappa shape index (κ3) is 7.22. The highest BCUT2D eigenvalue weighted by molar-refractivity contribution is 7.89. The van der Waals surface area contributed by atoms with E-state index < -0.39 is 15.9 Å². The first-order valence-electron chi connectivity index (χ1n) is 13.2. The summed E-state index contributed by atoms with van der Waals surface area (Å²) in [6, 6.07) is 37.7. The van der Waals surface area contributed by atoms with Gasteiger partial charge in [-0.15, -0.1) is 0 Å². The van der Waals surface area contributed by atoms with Gasteiger partial charge in [0, 0.05) is 11.6 Å². The maximum Gasteiger partial charge on any atom is 0.252 e. The molecule has 0 bridgehead atoms. The summed E-state index contributed by atoms with van der Waals surface area (Å²) in [7, 11) is -3.87. The number of hydrogen-bond donors (Lipinski definition) is 1. The van der Waals surface area contributed by atoms with Crippen LogP contribution in [0.3, 0.4) is 0 Å². The second-order valence-electron chi connectivity index (χ2n) is 9.51. The number of rotatable bonds is 11. The van der Waals surface area contributed by atoms with Gasteiger partial charge in [0.15, 0.2) is 0 Å². The molecular formula is C33H28ClN3O4S. The van der Waals surface area contributed by atoms with E-state index in [9.17, 15) is 13.2 Å². The molecule has 0 aliphatic rings. The molecule has 0 aliphatic heterocycles. The minimum absolute atomic E-state index is 0.00978. The lowest BCUT2D eigenvalue weighted by Gasteiger charge is -2.21. The number of nitrogens with one attached hydrogen (secondary N) is 1. The van der Waals surface area contributed by atoms with Gasteiger partial charge in [-0.05, 0) is 53.1 Å². The summed E-state index contributed by atoms with van der Waals surface area (Å²) in [5, 5.41) is 4.56. The quantitative estimate of drug-likeness (QED) is 0.137. The molecule has 5 aromatic rings. The van der Waals surface area contributed by atoms with Crippen molar-refractivity contribution in [3.05, 3.63) is 161 Å². The third-order valence-electron chi connectivity index (χ3n) is 6.56. The average molecular weight is 598 g/mol. The van der Waals surface area contributed by atoms with Gasteiger partial charge in [0.25, 0.3) is 5.91 Å². The second-order valence-corrected chi connectivity index (χ2v) is 11.9. The number of halogens is 1. The number of furan rings is 1. The normalized spacial score (nSPS) is 11.8. The van der Waals surface area contributed by atoms with Crippen LogP contribution in [0.1, 0.15) is 34.1 Å². The molecule has 0 unspecified atom stereocenters. The monoisotopic (exact) mass is 597 g/mol. The Morgan fingerprint density at radius 2 is 1.36 bits per heavy atom. The fourth-order valence-corrected chi connectivity index (χ4v) is 6.02. The number of carbonyl (C=O) groups is 1. The van der Waals surface area contributed by atoms with Crippen LogP contribution >= 0.6 is 11.6 Å². The molecule has 9 heteroatoms. The topological polar surface area (TPSA) is 92.0 Å². The molecule has 1 amide bonds. The van der Waals surface area contributed by atoms with Gasteiger partial charge in [0.05, 0.1) is 23.6 Å². The first-order valence-corrected chi connectivity index (χ1v) is 15.0. The smallest absolute Gasteiger partial charge is 0.252 e. The molecule has 4 aromatic carbocycles. The van der Waals surface area contributed by atoms with E-state index >= 15 is 0 Å². The van der Waals surface area contributed by atoms with E-state index in [0.29, 0.717) is 16.5 Å². The molecule has 0 fully saturated rings. The zero-order chi connectivity index (χ0) is 29.4. The van der Waals surface area contributed by atoms with Gasteiger partial charge in [-0.2, -0.15) is 9.41 Å². The van der Waals surface area contributed by atoms with Crippen LogP contribution in [0.15, 0.2) is 142 Å². The minimum atomic E-state index is -3.87. The largest absolute Gasteiger partial charge is 0.459 e. The molecule has 0 saturated carbocycles. The lowest BCUT2D eigenvalue weighted by Crippen LogP contribution is -2.30. The summed E-state index contributed by atoms with van der Waals surface area (Å²) in [4.78, 5) is 13.3. The Morgan fingerprint density at radius 3 is 1.95 bits per heavy atom. The summed E-state index contributed by atoms with van der Waals surface area (Å²) in [6.45, 7) is 0.135. The van der Waals surface area contributed by atoms with Gasteiger partial charge >= 0.3 is 0 Å². The Labute approximate surface area is 250 Å².